The van der Waals surface area contributed by atoms with E-state index in [4.69, 9.17) is 0 Å². The minimum Gasteiger partial charge on any atom is -0.354 e. The Morgan fingerprint density at radius 2 is 2.17 bits per heavy atom. The van der Waals surface area contributed by atoms with E-state index in [0.29, 0.717) is 18.6 Å². The van der Waals surface area contributed by atoms with Crippen LogP contribution in [0.3, 0.4) is 0 Å². The first-order chi connectivity index (χ1) is 11.3. The van der Waals surface area contributed by atoms with Gasteiger partial charge in [0.05, 0.1) is 12.7 Å². The second kappa shape index (κ2) is 8.41. The number of nitrogens with zero attached hydrogens (tertiary/aromatic N) is 2. The van der Waals surface area contributed by atoms with E-state index >= 15 is 0 Å². The molecule has 2 aliphatic rings. The lowest BCUT2D eigenvalue weighted by Crippen LogP contribution is -2.58. The summed E-state index contributed by atoms with van der Waals surface area (Å²) in [6.45, 7) is 3.15. The van der Waals surface area contributed by atoms with Crippen LogP contribution in [0.15, 0.2) is 24.4 Å². The fraction of sp³-hybridized carbons (Fsp3) is 0.667. The van der Waals surface area contributed by atoms with Crippen LogP contribution >= 0.6 is 0 Å². The molecule has 126 valence electrons. The molecule has 2 N–H and O–H groups in total. The van der Waals surface area contributed by atoms with Crippen molar-refractivity contribution in [3.05, 3.63) is 30.1 Å². The number of rotatable bonds is 6. The molecule has 1 aliphatic heterocycles. The van der Waals surface area contributed by atoms with E-state index in [0.717, 1.165) is 31.7 Å². The number of hydrogen-bond donors (Lipinski definition) is 2. The van der Waals surface area contributed by atoms with Gasteiger partial charge in [-0.25, -0.2) is 0 Å². The van der Waals surface area contributed by atoms with Crippen molar-refractivity contribution in [1.82, 2.24) is 20.5 Å². The molecule has 1 unspecified atom stereocenters. The van der Waals surface area contributed by atoms with Gasteiger partial charge in [-0.3, -0.25) is 14.7 Å². The molecule has 5 heteroatoms. The normalized spacial score (nSPS) is 21.8. The van der Waals surface area contributed by atoms with Gasteiger partial charge in [-0.15, -0.1) is 0 Å². The highest BCUT2D eigenvalue weighted by Crippen LogP contribution is 2.28. The third kappa shape index (κ3) is 4.75. The van der Waals surface area contributed by atoms with Crippen molar-refractivity contribution < 1.29 is 4.79 Å². The molecule has 2 heterocycles. The number of piperazine rings is 1. The predicted molar refractivity (Wildman–Crippen MR) is 90.9 cm³/mol. The predicted octanol–water partition coefficient (Wildman–Crippen LogP) is 1.55. The molecule has 1 saturated heterocycles. The van der Waals surface area contributed by atoms with Crippen LogP contribution in [0, 0.1) is 5.92 Å². The van der Waals surface area contributed by atoms with E-state index in [1.807, 2.05) is 18.3 Å². The quantitative estimate of drug-likeness (QED) is 0.836. The van der Waals surface area contributed by atoms with Gasteiger partial charge in [0.15, 0.2) is 0 Å². The summed E-state index contributed by atoms with van der Waals surface area (Å²) in [5, 5.41) is 6.67. The summed E-state index contributed by atoms with van der Waals surface area (Å²) in [5.41, 5.74) is 1.12. The Hall–Kier alpha value is -1.46. The molecule has 1 atom stereocenters. The van der Waals surface area contributed by atoms with Crippen molar-refractivity contribution >= 4 is 5.91 Å². The van der Waals surface area contributed by atoms with Gasteiger partial charge in [0.1, 0.15) is 0 Å². The summed E-state index contributed by atoms with van der Waals surface area (Å²) in [7, 11) is 0. The first-order valence-corrected chi connectivity index (χ1v) is 8.97. The molecule has 0 spiro atoms. The molecule has 0 radical (unpaired) electrons. The molecule has 0 bridgehead atoms. The van der Waals surface area contributed by atoms with Crippen molar-refractivity contribution in [1.29, 1.82) is 0 Å². The zero-order valence-electron chi connectivity index (χ0n) is 13.8. The summed E-state index contributed by atoms with van der Waals surface area (Å²) in [6.07, 6.45) is 9.67. The van der Waals surface area contributed by atoms with Crippen molar-refractivity contribution in [3.63, 3.8) is 0 Å². The lowest BCUT2D eigenvalue weighted by molar-refractivity contribution is -0.125. The zero-order chi connectivity index (χ0) is 15.9. The number of nitrogens with one attached hydrogen (secondary N) is 2. The molecule has 5 nitrogen and oxygen atoms in total. The maximum absolute atomic E-state index is 11.8. The Kier molecular flexibility index (Phi) is 6.00. The van der Waals surface area contributed by atoms with Crippen LogP contribution in [-0.4, -0.2) is 48.1 Å². The van der Waals surface area contributed by atoms with E-state index in [-0.39, 0.29) is 5.91 Å². The lowest BCUT2D eigenvalue weighted by atomic mass is 9.86. The van der Waals surface area contributed by atoms with Crippen LogP contribution in [0.4, 0.5) is 0 Å². The van der Waals surface area contributed by atoms with E-state index in [2.05, 4.69) is 26.6 Å². The molecule has 1 aliphatic carbocycles. The van der Waals surface area contributed by atoms with Crippen molar-refractivity contribution in [2.75, 3.05) is 26.2 Å². The average molecular weight is 316 g/mol. The Labute approximate surface area is 138 Å². The Morgan fingerprint density at radius 1 is 1.30 bits per heavy atom. The minimum absolute atomic E-state index is 0.156. The lowest BCUT2D eigenvalue weighted by Gasteiger charge is -2.40. The largest absolute Gasteiger partial charge is 0.354 e. The average Bonchev–Trinajstić information content (AvgIpc) is 2.60. The number of carbonyl (C=O) groups excluding carboxylic acids is 1. The number of carbonyl (C=O) groups is 1. The second-order valence-electron chi connectivity index (χ2n) is 6.69. The second-order valence-corrected chi connectivity index (χ2v) is 6.69. The van der Waals surface area contributed by atoms with Crippen LogP contribution in [-0.2, 0) is 11.2 Å². The number of pyridine rings is 1. The topological polar surface area (TPSA) is 57.3 Å². The SMILES string of the molecule is O=C1CN(C(NCCc2ccccn2)C2CCCCC2)CCN1. The highest BCUT2D eigenvalue weighted by Gasteiger charge is 2.31. The Bertz CT molecular complexity index is 487. The summed E-state index contributed by atoms with van der Waals surface area (Å²) in [5.74, 6) is 0.821. The van der Waals surface area contributed by atoms with Gasteiger partial charge >= 0.3 is 0 Å². The maximum atomic E-state index is 11.8. The smallest absolute Gasteiger partial charge is 0.234 e. The van der Waals surface area contributed by atoms with Crippen LogP contribution in [0.2, 0.25) is 0 Å². The van der Waals surface area contributed by atoms with Gasteiger partial charge in [-0.2, -0.15) is 0 Å². The highest BCUT2D eigenvalue weighted by atomic mass is 16.2. The van der Waals surface area contributed by atoms with E-state index in [1.54, 1.807) is 0 Å². The first-order valence-electron chi connectivity index (χ1n) is 8.97. The molecule has 0 aromatic carbocycles. The molecular weight excluding hydrogens is 288 g/mol. The van der Waals surface area contributed by atoms with Crippen LogP contribution in [0.25, 0.3) is 0 Å². The molecule has 1 amide bonds. The zero-order valence-corrected chi connectivity index (χ0v) is 13.8. The first kappa shape index (κ1) is 16.4. The standard InChI is InChI=1S/C18H28N4O/c23-17-14-22(13-12-20-17)18(15-6-2-1-3-7-15)21-11-9-16-8-4-5-10-19-16/h4-5,8,10,15,18,21H,1-3,6-7,9,11-14H2,(H,20,23). The van der Waals surface area contributed by atoms with Crippen molar-refractivity contribution in [3.8, 4) is 0 Å². The van der Waals surface area contributed by atoms with Gasteiger partial charge in [-0.1, -0.05) is 25.3 Å². The van der Waals surface area contributed by atoms with Gasteiger partial charge in [0.25, 0.3) is 0 Å². The molecule has 1 aromatic heterocycles. The van der Waals surface area contributed by atoms with Gasteiger partial charge in [-0.05, 0) is 30.9 Å². The number of hydrogen-bond acceptors (Lipinski definition) is 4. The van der Waals surface area contributed by atoms with E-state index in [1.165, 1.54) is 32.1 Å². The highest BCUT2D eigenvalue weighted by molar-refractivity contribution is 5.78. The van der Waals surface area contributed by atoms with Crippen LogP contribution in [0.1, 0.15) is 37.8 Å². The van der Waals surface area contributed by atoms with Gasteiger partial charge in [0, 0.05) is 37.9 Å². The third-order valence-electron chi connectivity index (χ3n) is 5.02. The molecule has 1 aromatic rings. The van der Waals surface area contributed by atoms with Crippen molar-refractivity contribution in [2.24, 2.45) is 5.92 Å². The van der Waals surface area contributed by atoms with E-state index < -0.39 is 0 Å². The van der Waals surface area contributed by atoms with Gasteiger partial charge in [0.2, 0.25) is 5.91 Å². The Morgan fingerprint density at radius 3 is 2.91 bits per heavy atom. The molecule has 2 fully saturated rings. The van der Waals surface area contributed by atoms with Gasteiger partial charge < -0.3 is 10.6 Å². The maximum Gasteiger partial charge on any atom is 0.234 e. The molecule has 23 heavy (non-hydrogen) atoms. The fourth-order valence-electron chi connectivity index (χ4n) is 3.83. The summed E-state index contributed by atoms with van der Waals surface area (Å²) in [4.78, 5) is 18.5. The monoisotopic (exact) mass is 316 g/mol. The Balaban J connectivity index is 1.58. The third-order valence-corrected chi connectivity index (χ3v) is 5.02. The fourth-order valence-corrected chi connectivity index (χ4v) is 3.83. The molecule has 1 saturated carbocycles. The van der Waals surface area contributed by atoms with Crippen molar-refractivity contribution in [2.45, 2.75) is 44.7 Å². The number of amides is 1. The summed E-state index contributed by atoms with van der Waals surface area (Å²) >= 11 is 0. The molecule has 3 rings (SSSR count). The van der Waals surface area contributed by atoms with Crippen LogP contribution in [0.5, 0.6) is 0 Å². The summed E-state index contributed by atoms with van der Waals surface area (Å²) < 4.78 is 0. The summed E-state index contributed by atoms with van der Waals surface area (Å²) in [6, 6.07) is 6.07. The van der Waals surface area contributed by atoms with Crippen LogP contribution < -0.4 is 10.6 Å². The molecular formula is C18H28N4O. The van der Waals surface area contributed by atoms with E-state index in [9.17, 15) is 4.79 Å². The number of aromatic nitrogens is 1. The minimum atomic E-state index is 0.156.